The zero-order chi connectivity index (χ0) is 15.0. The highest BCUT2D eigenvalue weighted by molar-refractivity contribution is 6.14. The number of aryl methyl sites for hydroxylation is 2. The molecule has 1 amide bonds. The fourth-order valence-corrected chi connectivity index (χ4v) is 2.86. The van der Waals surface area contributed by atoms with Crippen molar-refractivity contribution in [2.24, 2.45) is 0 Å². The van der Waals surface area contributed by atoms with E-state index in [-0.39, 0.29) is 11.7 Å². The van der Waals surface area contributed by atoms with E-state index in [4.69, 9.17) is 0 Å². The quantitative estimate of drug-likeness (QED) is 0.800. The fraction of sp³-hybridized carbons (Fsp3) is 0.222. The first-order valence-electron chi connectivity index (χ1n) is 7.10. The van der Waals surface area contributed by atoms with Crippen LogP contribution in [0.5, 0.6) is 0 Å². The number of anilines is 1. The van der Waals surface area contributed by atoms with Crippen molar-refractivity contribution in [3.05, 3.63) is 64.7 Å². The summed E-state index contributed by atoms with van der Waals surface area (Å²) in [5.74, 6) is 0.0821. The van der Waals surface area contributed by atoms with Crippen molar-refractivity contribution < 1.29 is 9.59 Å². The second-order valence-electron chi connectivity index (χ2n) is 5.42. The Balaban J connectivity index is 2.10. The second kappa shape index (κ2) is 5.17. The third kappa shape index (κ3) is 2.25. The van der Waals surface area contributed by atoms with E-state index in [0.29, 0.717) is 24.1 Å². The number of rotatable bonds is 1. The minimum atomic E-state index is -0.0313. The summed E-state index contributed by atoms with van der Waals surface area (Å²) in [5, 5.41) is 0. The highest BCUT2D eigenvalue weighted by atomic mass is 16.2. The predicted octanol–water partition coefficient (Wildman–Crippen LogP) is 3.54. The van der Waals surface area contributed by atoms with Gasteiger partial charge in [0.15, 0.2) is 5.78 Å². The Labute approximate surface area is 124 Å². The Morgan fingerprint density at radius 3 is 2.48 bits per heavy atom. The van der Waals surface area contributed by atoms with Crippen molar-refractivity contribution in [3.8, 4) is 0 Å². The van der Waals surface area contributed by atoms with Crippen molar-refractivity contribution >= 4 is 17.4 Å². The second-order valence-corrected chi connectivity index (χ2v) is 5.42. The summed E-state index contributed by atoms with van der Waals surface area (Å²) in [6, 6.07) is 13.2. The molecular weight excluding hydrogens is 262 g/mol. The minimum absolute atomic E-state index is 0.0313. The molecule has 0 unspecified atom stereocenters. The van der Waals surface area contributed by atoms with Gasteiger partial charge >= 0.3 is 0 Å². The molecule has 0 aromatic heterocycles. The molecule has 2 aromatic rings. The van der Waals surface area contributed by atoms with Crippen LogP contribution in [0.25, 0.3) is 0 Å². The van der Waals surface area contributed by atoms with Crippen molar-refractivity contribution in [2.75, 3.05) is 11.4 Å². The van der Waals surface area contributed by atoms with Crippen LogP contribution in [0.15, 0.2) is 42.5 Å². The summed E-state index contributed by atoms with van der Waals surface area (Å²) in [4.78, 5) is 26.7. The van der Waals surface area contributed by atoms with Gasteiger partial charge < -0.3 is 4.90 Å². The molecule has 1 aliphatic heterocycles. The predicted molar refractivity (Wildman–Crippen MR) is 83.0 cm³/mol. The van der Waals surface area contributed by atoms with Crippen LogP contribution in [-0.4, -0.2) is 18.2 Å². The van der Waals surface area contributed by atoms with Crippen molar-refractivity contribution in [2.45, 2.75) is 20.3 Å². The zero-order valence-corrected chi connectivity index (χ0v) is 12.2. The number of fused-ring (bicyclic) bond motifs is 1. The summed E-state index contributed by atoms with van der Waals surface area (Å²) in [7, 11) is 0. The first-order valence-corrected chi connectivity index (χ1v) is 7.10. The van der Waals surface area contributed by atoms with Crippen molar-refractivity contribution in [1.82, 2.24) is 0 Å². The molecule has 1 aliphatic rings. The van der Waals surface area contributed by atoms with E-state index in [2.05, 4.69) is 0 Å². The molecule has 0 N–H and O–H groups in total. The smallest absolute Gasteiger partial charge is 0.258 e. The van der Waals surface area contributed by atoms with E-state index in [1.807, 2.05) is 56.3 Å². The molecule has 2 aromatic carbocycles. The van der Waals surface area contributed by atoms with Gasteiger partial charge in [-0.2, -0.15) is 0 Å². The normalized spacial score (nSPS) is 14.0. The minimum Gasteiger partial charge on any atom is -0.307 e. The first-order chi connectivity index (χ1) is 10.1. The monoisotopic (exact) mass is 279 g/mol. The highest BCUT2D eigenvalue weighted by Crippen LogP contribution is 2.31. The fourth-order valence-electron chi connectivity index (χ4n) is 2.86. The maximum Gasteiger partial charge on any atom is 0.258 e. The summed E-state index contributed by atoms with van der Waals surface area (Å²) >= 11 is 0. The molecular formula is C18H17NO2. The van der Waals surface area contributed by atoms with Gasteiger partial charge in [0.1, 0.15) is 0 Å². The molecule has 3 heteroatoms. The highest BCUT2D eigenvalue weighted by Gasteiger charge is 2.29. The number of carbonyl (C=O) groups is 2. The lowest BCUT2D eigenvalue weighted by atomic mass is 9.96. The van der Waals surface area contributed by atoms with E-state index in [0.717, 1.165) is 16.8 Å². The lowest BCUT2D eigenvalue weighted by molar-refractivity contribution is 0.0954. The molecule has 0 atom stereocenters. The van der Waals surface area contributed by atoms with Crippen molar-refractivity contribution in [3.63, 3.8) is 0 Å². The van der Waals surface area contributed by atoms with Gasteiger partial charge in [0.25, 0.3) is 5.91 Å². The van der Waals surface area contributed by atoms with Gasteiger partial charge in [-0.05, 0) is 37.1 Å². The summed E-state index contributed by atoms with van der Waals surface area (Å²) < 4.78 is 0. The number of Topliss-reactive ketones (excluding diaryl/α,β-unsaturated/α-hetero) is 1. The lowest BCUT2D eigenvalue weighted by Gasteiger charge is -2.30. The number of amides is 1. The van der Waals surface area contributed by atoms with Gasteiger partial charge in [-0.3, -0.25) is 9.59 Å². The zero-order valence-electron chi connectivity index (χ0n) is 12.2. The Morgan fingerprint density at radius 2 is 1.71 bits per heavy atom. The number of benzene rings is 2. The number of carbonyl (C=O) groups excluding carboxylic acids is 2. The average molecular weight is 279 g/mol. The van der Waals surface area contributed by atoms with E-state index < -0.39 is 0 Å². The number of para-hydroxylation sites is 1. The van der Waals surface area contributed by atoms with E-state index >= 15 is 0 Å². The van der Waals surface area contributed by atoms with Gasteiger partial charge in [0.05, 0.1) is 5.69 Å². The standard InChI is InChI=1S/C18H17NO2/c1-12-6-3-4-8-14(12)18(21)19-11-10-16(20)15-9-5-7-13(2)17(15)19/h3-9H,10-11H2,1-2H3. The third-order valence-electron chi connectivity index (χ3n) is 3.99. The Kier molecular flexibility index (Phi) is 3.34. The van der Waals surface area contributed by atoms with Gasteiger partial charge in [-0.1, -0.05) is 30.3 Å². The Hall–Kier alpha value is -2.42. The van der Waals surface area contributed by atoms with Crippen LogP contribution in [0.3, 0.4) is 0 Å². The van der Waals surface area contributed by atoms with Crippen LogP contribution >= 0.6 is 0 Å². The van der Waals surface area contributed by atoms with Gasteiger partial charge in [-0.25, -0.2) is 0 Å². The number of hydrogen-bond donors (Lipinski definition) is 0. The molecule has 0 bridgehead atoms. The van der Waals surface area contributed by atoms with Crippen LogP contribution in [0.2, 0.25) is 0 Å². The van der Waals surface area contributed by atoms with Crippen LogP contribution < -0.4 is 4.90 Å². The SMILES string of the molecule is Cc1ccccc1C(=O)N1CCC(=O)c2cccc(C)c21. The summed E-state index contributed by atoms with van der Waals surface area (Å²) in [6.07, 6.45) is 0.383. The topological polar surface area (TPSA) is 37.4 Å². The maximum atomic E-state index is 12.9. The van der Waals surface area contributed by atoms with E-state index in [1.165, 1.54) is 0 Å². The van der Waals surface area contributed by atoms with Gasteiger partial charge in [0, 0.05) is 24.1 Å². The molecule has 0 saturated heterocycles. The van der Waals surface area contributed by atoms with Crippen molar-refractivity contribution in [1.29, 1.82) is 0 Å². The van der Waals surface area contributed by atoms with Crippen LogP contribution in [0, 0.1) is 13.8 Å². The molecule has 3 rings (SSSR count). The molecule has 0 aliphatic carbocycles. The van der Waals surface area contributed by atoms with E-state index in [9.17, 15) is 9.59 Å². The maximum absolute atomic E-state index is 12.9. The molecule has 1 heterocycles. The molecule has 0 radical (unpaired) electrons. The van der Waals surface area contributed by atoms with Crippen LogP contribution in [0.4, 0.5) is 5.69 Å². The average Bonchev–Trinajstić information content (AvgIpc) is 2.48. The molecule has 0 fully saturated rings. The summed E-state index contributed by atoms with van der Waals surface area (Å²) in [5.41, 5.74) is 4.03. The first kappa shape index (κ1) is 13.6. The molecule has 21 heavy (non-hydrogen) atoms. The number of nitrogens with zero attached hydrogens (tertiary/aromatic N) is 1. The molecule has 0 spiro atoms. The summed E-state index contributed by atoms with van der Waals surface area (Å²) in [6.45, 7) is 4.32. The number of ketones is 1. The lowest BCUT2D eigenvalue weighted by Crippen LogP contribution is -2.38. The molecule has 106 valence electrons. The van der Waals surface area contributed by atoms with Gasteiger partial charge in [-0.15, -0.1) is 0 Å². The largest absolute Gasteiger partial charge is 0.307 e. The van der Waals surface area contributed by atoms with Crippen LogP contribution in [-0.2, 0) is 0 Å². The number of hydrogen-bond acceptors (Lipinski definition) is 2. The third-order valence-corrected chi connectivity index (χ3v) is 3.99. The molecule has 3 nitrogen and oxygen atoms in total. The molecule has 0 saturated carbocycles. The Morgan fingerprint density at radius 1 is 1.00 bits per heavy atom. The Bertz CT molecular complexity index is 734. The van der Waals surface area contributed by atoms with Crippen LogP contribution in [0.1, 0.15) is 38.3 Å². The van der Waals surface area contributed by atoms with E-state index in [1.54, 1.807) is 4.90 Å². The van der Waals surface area contributed by atoms with Gasteiger partial charge in [0.2, 0.25) is 0 Å².